The largest absolute Gasteiger partial charge is 0.469 e. The highest BCUT2D eigenvalue weighted by molar-refractivity contribution is 6.42. The number of hydrogen-bond acceptors (Lipinski definition) is 3. The minimum absolute atomic E-state index is 0.197. The van der Waals surface area contributed by atoms with Gasteiger partial charge in [0.05, 0.1) is 23.1 Å². The Hall–Kier alpha value is -0.770. The number of carbonyl (C=O) groups excluding carboxylic acids is 1. The second-order valence-electron chi connectivity index (χ2n) is 4.20. The molecule has 2 atom stereocenters. The van der Waals surface area contributed by atoms with Crippen molar-refractivity contribution in [2.24, 2.45) is 11.7 Å². The summed E-state index contributed by atoms with van der Waals surface area (Å²) in [5, 5.41) is 0.983. The van der Waals surface area contributed by atoms with Gasteiger partial charge < -0.3 is 10.5 Å². The minimum atomic E-state index is -0.248. The Bertz CT molecular complexity index is 462. The van der Waals surface area contributed by atoms with Gasteiger partial charge in [-0.2, -0.15) is 0 Å². The first-order valence-electron chi connectivity index (χ1n) is 5.34. The van der Waals surface area contributed by atoms with Crippen molar-refractivity contribution in [1.82, 2.24) is 0 Å². The Morgan fingerprint density at radius 1 is 1.47 bits per heavy atom. The molecule has 0 radical (unpaired) electrons. The van der Waals surface area contributed by atoms with Crippen molar-refractivity contribution in [2.45, 2.75) is 18.9 Å². The molecule has 2 N–H and O–H groups in total. The lowest BCUT2D eigenvalue weighted by Crippen LogP contribution is -2.30. The van der Waals surface area contributed by atoms with Gasteiger partial charge in [-0.1, -0.05) is 29.3 Å². The topological polar surface area (TPSA) is 52.3 Å². The standard InChI is InChI=1S/C12H13Cl2NO2/c1-17-12(16)6-4-8-7(10(15)5-6)2-3-9(13)11(8)14/h2-3,6,10H,4-5,15H2,1H3/t6-,10-/m0/s1. The summed E-state index contributed by atoms with van der Waals surface area (Å²) < 4.78 is 4.75. The number of carbonyl (C=O) groups is 1. The number of methoxy groups -OCH3 is 1. The van der Waals surface area contributed by atoms with Gasteiger partial charge in [-0.15, -0.1) is 0 Å². The number of hydrogen-bond donors (Lipinski definition) is 1. The molecule has 0 aliphatic heterocycles. The second kappa shape index (κ2) is 4.84. The number of ether oxygens (including phenoxy) is 1. The molecule has 1 aromatic carbocycles. The van der Waals surface area contributed by atoms with Crippen LogP contribution in [0.5, 0.6) is 0 Å². The highest BCUT2D eigenvalue weighted by Crippen LogP contribution is 2.39. The van der Waals surface area contributed by atoms with Gasteiger partial charge in [0, 0.05) is 6.04 Å². The van der Waals surface area contributed by atoms with Crippen LogP contribution in [0.2, 0.25) is 10.0 Å². The van der Waals surface area contributed by atoms with Crippen LogP contribution in [0.1, 0.15) is 23.6 Å². The summed E-state index contributed by atoms with van der Waals surface area (Å²) in [6, 6.07) is 3.42. The Kier molecular flexibility index (Phi) is 3.61. The first kappa shape index (κ1) is 12.7. The van der Waals surface area contributed by atoms with E-state index in [0.29, 0.717) is 22.9 Å². The van der Waals surface area contributed by atoms with Crippen molar-refractivity contribution in [2.75, 3.05) is 7.11 Å². The van der Waals surface area contributed by atoms with Gasteiger partial charge in [-0.25, -0.2) is 0 Å². The Morgan fingerprint density at radius 2 is 2.18 bits per heavy atom. The molecule has 3 nitrogen and oxygen atoms in total. The van der Waals surface area contributed by atoms with Crippen LogP contribution < -0.4 is 5.73 Å². The van der Waals surface area contributed by atoms with Gasteiger partial charge in [0.25, 0.3) is 0 Å². The van der Waals surface area contributed by atoms with Gasteiger partial charge in [-0.3, -0.25) is 4.79 Å². The van der Waals surface area contributed by atoms with Crippen LogP contribution in [0.15, 0.2) is 12.1 Å². The van der Waals surface area contributed by atoms with Crippen LogP contribution >= 0.6 is 23.2 Å². The van der Waals surface area contributed by atoms with Gasteiger partial charge >= 0.3 is 5.97 Å². The molecule has 0 amide bonds. The summed E-state index contributed by atoms with van der Waals surface area (Å²) in [7, 11) is 1.38. The normalized spacial score (nSPS) is 23.1. The first-order valence-corrected chi connectivity index (χ1v) is 6.10. The lowest BCUT2D eigenvalue weighted by atomic mass is 9.81. The van der Waals surface area contributed by atoms with Crippen molar-refractivity contribution in [1.29, 1.82) is 0 Å². The van der Waals surface area contributed by atoms with E-state index >= 15 is 0 Å². The summed E-state index contributed by atoms with van der Waals surface area (Å²) >= 11 is 12.1. The van der Waals surface area contributed by atoms with Crippen molar-refractivity contribution in [3.8, 4) is 0 Å². The van der Waals surface area contributed by atoms with E-state index in [1.165, 1.54) is 7.11 Å². The molecule has 1 aromatic rings. The molecule has 0 saturated heterocycles. The van der Waals surface area contributed by atoms with E-state index in [1.807, 2.05) is 6.07 Å². The number of rotatable bonds is 1. The Balaban J connectivity index is 2.40. The number of nitrogens with two attached hydrogens (primary N) is 1. The van der Waals surface area contributed by atoms with E-state index < -0.39 is 0 Å². The maximum atomic E-state index is 11.6. The van der Waals surface area contributed by atoms with Gasteiger partial charge in [-0.05, 0) is 30.0 Å². The molecule has 0 saturated carbocycles. The fourth-order valence-electron chi connectivity index (χ4n) is 2.27. The summed E-state index contributed by atoms with van der Waals surface area (Å²) in [6.45, 7) is 0. The van der Waals surface area contributed by atoms with Crippen molar-refractivity contribution in [3.05, 3.63) is 33.3 Å². The lowest BCUT2D eigenvalue weighted by molar-refractivity contribution is -0.146. The van der Waals surface area contributed by atoms with E-state index in [-0.39, 0.29) is 17.9 Å². The quantitative estimate of drug-likeness (QED) is 0.801. The highest BCUT2D eigenvalue weighted by Gasteiger charge is 2.31. The maximum absolute atomic E-state index is 11.6. The Morgan fingerprint density at radius 3 is 2.82 bits per heavy atom. The smallest absolute Gasteiger partial charge is 0.309 e. The average Bonchev–Trinajstić information content (AvgIpc) is 2.33. The monoisotopic (exact) mass is 273 g/mol. The summed E-state index contributed by atoms with van der Waals surface area (Å²) in [5.41, 5.74) is 7.88. The SMILES string of the molecule is COC(=O)[C@H]1Cc2c(ccc(Cl)c2Cl)[C@@H](N)C1. The summed E-state index contributed by atoms with van der Waals surface area (Å²) in [5.74, 6) is -0.486. The van der Waals surface area contributed by atoms with Crippen LogP contribution in [0.25, 0.3) is 0 Å². The zero-order valence-electron chi connectivity index (χ0n) is 9.37. The Labute approximate surface area is 110 Å². The molecule has 1 aliphatic rings. The minimum Gasteiger partial charge on any atom is -0.469 e. The van der Waals surface area contributed by atoms with Crippen LogP contribution in [0, 0.1) is 5.92 Å². The third kappa shape index (κ3) is 2.28. The molecule has 1 aliphatic carbocycles. The van der Waals surface area contributed by atoms with Crippen LogP contribution in [-0.2, 0) is 16.0 Å². The van der Waals surface area contributed by atoms with E-state index in [2.05, 4.69) is 0 Å². The molecule has 0 aromatic heterocycles. The summed E-state index contributed by atoms with van der Waals surface area (Å²) in [6.07, 6.45) is 1.12. The van der Waals surface area contributed by atoms with Gasteiger partial charge in [0.2, 0.25) is 0 Å². The average molecular weight is 274 g/mol. The fourth-order valence-corrected chi connectivity index (χ4v) is 2.70. The number of esters is 1. The van der Waals surface area contributed by atoms with Crippen LogP contribution in [0.3, 0.4) is 0 Å². The molecule has 0 bridgehead atoms. The molecule has 0 spiro atoms. The van der Waals surface area contributed by atoms with Gasteiger partial charge in [0.15, 0.2) is 0 Å². The molecule has 17 heavy (non-hydrogen) atoms. The van der Waals surface area contributed by atoms with E-state index in [1.54, 1.807) is 6.07 Å². The third-order valence-corrected chi connectivity index (χ3v) is 4.00. The van der Waals surface area contributed by atoms with Crippen molar-refractivity contribution in [3.63, 3.8) is 0 Å². The molecule has 2 rings (SSSR count). The summed E-state index contributed by atoms with van der Waals surface area (Å²) in [4.78, 5) is 11.6. The molecule has 0 heterocycles. The van der Waals surface area contributed by atoms with Gasteiger partial charge in [0.1, 0.15) is 0 Å². The second-order valence-corrected chi connectivity index (χ2v) is 4.98. The molecule has 5 heteroatoms. The predicted molar refractivity (Wildman–Crippen MR) is 67.2 cm³/mol. The number of halogens is 2. The molecular weight excluding hydrogens is 261 g/mol. The van der Waals surface area contributed by atoms with E-state index in [9.17, 15) is 4.79 Å². The maximum Gasteiger partial charge on any atom is 0.309 e. The highest BCUT2D eigenvalue weighted by atomic mass is 35.5. The first-order chi connectivity index (χ1) is 8.04. The molecule has 0 unspecified atom stereocenters. The third-order valence-electron chi connectivity index (χ3n) is 3.16. The predicted octanol–water partition coefficient (Wildman–Crippen LogP) is 2.73. The molecular formula is C12H13Cl2NO2. The van der Waals surface area contributed by atoms with Crippen LogP contribution in [-0.4, -0.2) is 13.1 Å². The fraction of sp³-hybridized carbons (Fsp3) is 0.417. The lowest BCUT2D eigenvalue weighted by Gasteiger charge is -2.28. The van der Waals surface area contributed by atoms with E-state index in [0.717, 1.165) is 11.1 Å². The van der Waals surface area contributed by atoms with Crippen LogP contribution in [0.4, 0.5) is 0 Å². The zero-order valence-corrected chi connectivity index (χ0v) is 10.9. The van der Waals surface area contributed by atoms with E-state index in [4.69, 9.17) is 33.7 Å². The van der Waals surface area contributed by atoms with Crippen molar-refractivity contribution >= 4 is 29.2 Å². The molecule has 92 valence electrons. The number of benzene rings is 1. The van der Waals surface area contributed by atoms with Crippen molar-refractivity contribution < 1.29 is 9.53 Å². The zero-order chi connectivity index (χ0) is 12.6. The number of fused-ring (bicyclic) bond motifs is 1. The molecule has 0 fully saturated rings.